The van der Waals surface area contributed by atoms with Crippen molar-refractivity contribution in [2.75, 3.05) is 13.1 Å². The Bertz CT molecular complexity index is 214. The monoisotopic (exact) mass is 263 g/mol. The molecule has 0 spiro atoms. The molecular weight excluding hydrogens is 247 g/mol. The van der Waals surface area contributed by atoms with E-state index < -0.39 is 24.2 Å². The molecule has 0 aliphatic carbocycles. The lowest BCUT2D eigenvalue weighted by Crippen LogP contribution is -2.33. The van der Waals surface area contributed by atoms with Crippen molar-refractivity contribution in [1.29, 1.82) is 0 Å². The minimum Gasteiger partial charge on any atom is -0.459 e. The highest BCUT2D eigenvalue weighted by molar-refractivity contribution is 5.85. The number of ether oxygens (including phenoxy) is 1. The van der Waals surface area contributed by atoms with Gasteiger partial charge in [0.15, 0.2) is 0 Å². The van der Waals surface area contributed by atoms with Crippen LogP contribution in [0.4, 0.5) is 13.2 Å². The van der Waals surface area contributed by atoms with Gasteiger partial charge in [0.05, 0.1) is 13.0 Å². The number of carbonyl (C=O) groups is 1. The van der Waals surface area contributed by atoms with Crippen LogP contribution < -0.4 is 5.32 Å². The number of alkyl halides is 3. The van der Waals surface area contributed by atoms with Gasteiger partial charge in [0.2, 0.25) is 0 Å². The quantitative estimate of drug-likeness (QED) is 0.625. The van der Waals surface area contributed by atoms with Crippen LogP contribution in [0.2, 0.25) is 0 Å². The lowest BCUT2D eigenvalue weighted by Gasteiger charge is -2.19. The number of halogens is 4. The Labute approximate surface area is 99.1 Å². The van der Waals surface area contributed by atoms with Crippen LogP contribution >= 0.6 is 12.4 Å². The molecule has 0 rings (SSSR count). The summed E-state index contributed by atoms with van der Waals surface area (Å²) in [4.78, 5) is 11.0. The molecule has 0 aromatic carbocycles. The molecule has 3 nitrogen and oxygen atoms in total. The molecule has 0 heterocycles. The predicted molar refractivity (Wildman–Crippen MR) is 56.6 cm³/mol. The maximum atomic E-state index is 11.7. The lowest BCUT2D eigenvalue weighted by molar-refractivity contribution is -0.154. The number of carbonyl (C=O) groups excluding carboxylic acids is 1. The van der Waals surface area contributed by atoms with Crippen LogP contribution in [-0.4, -0.2) is 30.8 Å². The third-order valence-corrected chi connectivity index (χ3v) is 1.27. The van der Waals surface area contributed by atoms with E-state index in [0.717, 1.165) is 0 Å². The molecule has 7 heteroatoms. The van der Waals surface area contributed by atoms with Crippen molar-refractivity contribution in [2.45, 2.75) is 39.0 Å². The highest BCUT2D eigenvalue weighted by Gasteiger charge is 2.26. The fraction of sp³-hybridized carbons (Fsp3) is 0.889. The van der Waals surface area contributed by atoms with Crippen molar-refractivity contribution in [3.63, 3.8) is 0 Å². The topological polar surface area (TPSA) is 38.3 Å². The Morgan fingerprint density at radius 1 is 1.25 bits per heavy atom. The minimum atomic E-state index is -4.19. The lowest BCUT2D eigenvalue weighted by atomic mass is 10.2. The van der Waals surface area contributed by atoms with Crippen LogP contribution in [0.3, 0.4) is 0 Å². The molecular formula is C9H17ClF3NO2. The molecule has 0 saturated carbocycles. The Hall–Kier alpha value is -0.490. The molecule has 98 valence electrons. The summed E-state index contributed by atoms with van der Waals surface area (Å²) in [6, 6.07) is 0. The van der Waals surface area contributed by atoms with Crippen LogP contribution in [0.5, 0.6) is 0 Å². The molecule has 0 unspecified atom stereocenters. The van der Waals surface area contributed by atoms with Gasteiger partial charge in [-0.2, -0.15) is 13.2 Å². The molecule has 0 atom stereocenters. The van der Waals surface area contributed by atoms with E-state index in [1.807, 2.05) is 0 Å². The summed E-state index contributed by atoms with van der Waals surface area (Å²) in [6.07, 6.45) is -5.14. The zero-order chi connectivity index (χ0) is 12.1. The fourth-order valence-electron chi connectivity index (χ4n) is 0.798. The maximum Gasteiger partial charge on any atom is 0.390 e. The number of rotatable bonds is 4. The molecule has 0 aromatic heterocycles. The molecule has 0 fully saturated rings. The van der Waals surface area contributed by atoms with Gasteiger partial charge in [-0.3, -0.25) is 4.79 Å². The summed E-state index contributed by atoms with van der Waals surface area (Å²) < 4.78 is 40.0. The van der Waals surface area contributed by atoms with Gasteiger partial charge in [-0.05, 0) is 20.8 Å². The Kier molecular flexibility index (Phi) is 7.78. The van der Waals surface area contributed by atoms with Crippen LogP contribution in [0.1, 0.15) is 27.2 Å². The van der Waals surface area contributed by atoms with E-state index in [1.54, 1.807) is 20.8 Å². The van der Waals surface area contributed by atoms with Gasteiger partial charge in [-0.15, -0.1) is 12.4 Å². The average Bonchev–Trinajstić information content (AvgIpc) is 1.92. The molecule has 0 bridgehead atoms. The van der Waals surface area contributed by atoms with Gasteiger partial charge in [0.25, 0.3) is 0 Å². The van der Waals surface area contributed by atoms with Crippen molar-refractivity contribution in [3.8, 4) is 0 Å². The summed E-state index contributed by atoms with van der Waals surface area (Å²) in [5, 5.41) is 2.37. The molecule has 0 aromatic rings. The van der Waals surface area contributed by atoms with Gasteiger partial charge in [-0.1, -0.05) is 0 Å². The summed E-state index contributed by atoms with van der Waals surface area (Å²) >= 11 is 0. The molecule has 0 aliphatic rings. The standard InChI is InChI=1S/C9H16F3NO2.ClH/c1-8(2,3)15-7(14)6-13-5-4-9(10,11)12;/h13H,4-6H2,1-3H3;1H. The van der Waals surface area contributed by atoms with Crippen molar-refractivity contribution in [2.24, 2.45) is 0 Å². The van der Waals surface area contributed by atoms with Crippen LogP contribution in [0, 0.1) is 0 Å². The van der Waals surface area contributed by atoms with E-state index in [-0.39, 0.29) is 25.5 Å². The molecule has 1 N–H and O–H groups in total. The van der Waals surface area contributed by atoms with E-state index in [4.69, 9.17) is 4.74 Å². The van der Waals surface area contributed by atoms with Gasteiger partial charge in [-0.25, -0.2) is 0 Å². The van der Waals surface area contributed by atoms with Gasteiger partial charge < -0.3 is 10.1 Å². The van der Waals surface area contributed by atoms with Crippen LogP contribution in [-0.2, 0) is 9.53 Å². The second-order valence-electron chi connectivity index (χ2n) is 4.13. The van der Waals surface area contributed by atoms with E-state index >= 15 is 0 Å². The first-order valence-corrected chi connectivity index (χ1v) is 4.59. The summed E-state index contributed by atoms with van der Waals surface area (Å²) in [6.45, 7) is 4.61. The zero-order valence-corrected chi connectivity index (χ0v) is 10.3. The van der Waals surface area contributed by atoms with Gasteiger partial charge in [0, 0.05) is 6.54 Å². The van der Waals surface area contributed by atoms with E-state index in [9.17, 15) is 18.0 Å². The zero-order valence-electron chi connectivity index (χ0n) is 9.48. The number of esters is 1. The van der Waals surface area contributed by atoms with Gasteiger partial charge >= 0.3 is 12.1 Å². The Morgan fingerprint density at radius 3 is 2.12 bits per heavy atom. The first kappa shape index (κ1) is 17.9. The second-order valence-corrected chi connectivity index (χ2v) is 4.13. The van der Waals surface area contributed by atoms with E-state index in [1.165, 1.54) is 0 Å². The van der Waals surface area contributed by atoms with Crippen LogP contribution in [0.15, 0.2) is 0 Å². The first-order valence-electron chi connectivity index (χ1n) is 4.59. The summed E-state index contributed by atoms with van der Waals surface area (Å²) in [5.41, 5.74) is -0.608. The SMILES string of the molecule is CC(C)(C)OC(=O)CNCCC(F)(F)F.Cl. The summed E-state index contributed by atoms with van der Waals surface area (Å²) in [5.74, 6) is -0.551. The van der Waals surface area contributed by atoms with Crippen LogP contribution in [0.25, 0.3) is 0 Å². The van der Waals surface area contributed by atoms with Crippen molar-refractivity contribution < 1.29 is 22.7 Å². The van der Waals surface area contributed by atoms with E-state index in [0.29, 0.717) is 0 Å². The second kappa shape index (κ2) is 6.96. The van der Waals surface area contributed by atoms with Gasteiger partial charge in [0.1, 0.15) is 5.60 Å². The van der Waals surface area contributed by atoms with E-state index in [2.05, 4.69) is 5.32 Å². The molecule has 0 saturated heterocycles. The summed E-state index contributed by atoms with van der Waals surface area (Å²) in [7, 11) is 0. The highest BCUT2D eigenvalue weighted by Crippen LogP contribution is 2.18. The molecule has 16 heavy (non-hydrogen) atoms. The first-order chi connectivity index (χ1) is 6.60. The predicted octanol–water partition coefficient (Wildman–Crippen LogP) is 2.29. The van der Waals surface area contributed by atoms with Crippen molar-refractivity contribution in [3.05, 3.63) is 0 Å². The molecule has 0 radical (unpaired) electrons. The molecule has 0 aliphatic heterocycles. The normalized spacial score (nSPS) is 11.9. The van der Waals surface area contributed by atoms with Crippen molar-refractivity contribution in [1.82, 2.24) is 5.32 Å². The Balaban J connectivity index is 0. The number of hydrogen-bond donors (Lipinski definition) is 1. The van der Waals surface area contributed by atoms with Crippen molar-refractivity contribution >= 4 is 18.4 Å². The Morgan fingerprint density at radius 2 is 1.75 bits per heavy atom. The third kappa shape index (κ3) is 13.5. The average molecular weight is 264 g/mol. The third-order valence-electron chi connectivity index (χ3n) is 1.27. The molecule has 0 amide bonds. The fourth-order valence-corrected chi connectivity index (χ4v) is 0.798. The smallest absolute Gasteiger partial charge is 0.390 e. The maximum absolute atomic E-state index is 11.7. The minimum absolute atomic E-state index is 0. The number of hydrogen-bond acceptors (Lipinski definition) is 3. The largest absolute Gasteiger partial charge is 0.459 e. The number of nitrogens with one attached hydrogen (secondary N) is 1. The highest BCUT2D eigenvalue weighted by atomic mass is 35.5.